The van der Waals surface area contributed by atoms with Crippen molar-refractivity contribution in [3.8, 4) is 0 Å². The molecule has 22 heavy (non-hydrogen) atoms. The molecule has 2 aromatic rings. The smallest absolute Gasteiger partial charge is 0.321 e. The highest BCUT2D eigenvalue weighted by atomic mass is 16.4. The van der Waals surface area contributed by atoms with Crippen LogP contribution in [0, 0.1) is 0 Å². The van der Waals surface area contributed by atoms with Gasteiger partial charge in [-0.2, -0.15) is 0 Å². The molecular formula is C14H19N5O3. The average molecular weight is 305 g/mol. The number of carboxylic acids is 1. The van der Waals surface area contributed by atoms with Gasteiger partial charge in [-0.25, -0.2) is 4.79 Å². The Hall–Kier alpha value is -2.64. The van der Waals surface area contributed by atoms with Crippen LogP contribution in [-0.2, 0) is 4.79 Å². The predicted molar refractivity (Wildman–Crippen MR) is 81.0 cm³/mol. The number of hydrogen-bond acceptors (Lipinski definition) is 4. The zero-order chi connectivity index (χ0) is 16.3. The van der Waals surface area contributed by atoms with Crippen LogP contribution in [0.25, 0.3) is 5.65 Å². The van der Waals surface area contributed by atoms with Crippen LogP contribution in [0.2, 0.25) is 0 Å². The van der Waals surface area contributed by atoms with Crippen LogP contribution >= 0.6 is 0 Å². The van der Waals surface area contributed by atoms with E-state index in [0.29, 0.717) is 11.3 Å². The SMILES string of the molecule is CC(C)c1nnc2ccc(NC(=O)N(C)CCC(=O)O)cn12. The minimum Gasteiger partial charge on any atom is -0.481 e. The Balaban J connectivity index is 2.12. The fraction of sp³-hybridized carbons (Fsp3) is 0.429. The third-order valence-electron chi connectivity index (χ3n) is 3.20. The first-order chi connectivity index (χ1) is 10.4. The van der Waals surface area contributed by atoms with Gasteiger partial charge in [0.1, 0.15) is 5.82 Å². The van der Waals surface area contributed by atoms with Gasteiger partial charge in [-0.1, -0.05) is 13.8 Å². The van der Waals surface area contributed by atoms with Crippen molar-refractivity contribution >= 4 is 23.3 Å². The fourth-order valence-electron chi connectivity index (χ4n) is 1.96. The zero-order valence-corrected chi connectivity index (χ0v) is 12.8. The summed E-state index contributed by atoms with van der Waals surface area (Å²) in [7, 11) is 1.55. The molecule has 2 aromatic heterocycles. The van der Waals surface area contributed by atoms with Gasteiger partial charge >= 0.3 is 12.0 Å². The number of carbonyl (C=O) groups excluding carboxylic acids is 1. The summed E-state index contributed by atoms with van der Waals surface area (Å²) in [6.45, 7) is 4.18. The van der Waals surface area contributed by atoms with Gasteiger partial charge in [0.2, 0.25) is 0 Å². The summed E-state index contributed by atoms with van der Waals surface area (Å²) < 4.78 is 1.83. The molecule has 2 rings (SSSR count). The molecule has 8 nitrogen and oxygen atoms in total. The highest BCUT2D eigenvalue weighted by molar-refractivity contribution is 5.89. The summed E-state index contributed by atoms with van der Waals surface area (Å²) in [4.78, 5) is 23.9. The highest BCUT2D eigenvalue weighted by Crippen LogP contribution is 2.17. The third-order valence-corrected chi connectivity index (χ3v) is 3.20. The molecule has 0 atom stereocenters. The van der Waals surface area contributed by atoms with Crippen LogP contribution in [0.15, 0.2) is 18.3 Å². The fourth-order valence-corrected chi connectivity index (χ4v) is 1.96. The molecule has 2 amide bonds. The van der Waals surface area contributed by atoms with Gasteiger partial charge in [0.05, 0.1) is 12.1 Å². The summed E-state index contributed by atoms with van der Waals surface area (Å²) in [6.07, 6.45) is 1.67. The third kappa shape index (κ3) is 3.51. The van der Waals surface area contributed by atoms with Crippen LogP contribution in [0.5, 0.6) is 0 Å². The van der Waals surface area contributed by atoms with E-state index in [9.17, 15) is 9.59 Å². The molecule has 0 radical (unpaired) electrons. The van der Waals surface area contributed by atoms with E-state index >= 15 is 0 Å². The van der Waals surface area contributed by atoms with Crippen molar-refractivity contribution in [3.63, 3.8) is 0 Å². The summed E-state index contributed by atoms with van der Waals surface area (Å²) in [5.74, 6) is 0.0802. The molecule has 0 saturated carbocycles. The lowest BCUT2D eigenvalue weighted by Gasteiger charge is -2.17. The Labute approximate surface area is 127 Å². The van der Waals surface area contributed by atoms with E-state index in [2.05, 4.69) is 15.5 Å². The lowest BCUT2D eigenvalue weighted by Crippen LogP contribution is -2.33. The van der Waals surface area contributed by atoms with E-state index in [0.717, 1.165) is 5.82 Å². The standard InChI is InChI=1S/C14H19N5O3/c1-9(2)13-17-16-11-5-4-10(8-19(11)13)15-14(22)18(3)7-6-12(20)21/h4-5,8-9H,6-7H2,1-3H3,(H,15,22)(H,20,21). The van der Waals surface area contributed by atoms with E-state index in [1.807, 2.05) is 18.2 Å². The molecule has 0 spiro atoms. The van der Waals surface area contributed by atoms with Crippen molar-refractivity contribution in [3.05, 3.63) is 24.2 Å². The molecule has 0 aromatic carbocycles. The van der Waals surface area contributed by atoms with E-state index in [-0.39, 0.29) is 24.9 Å². The molecule has 0 unspecified atom stereocenters. The number of amides is 2. The molecule has 0 fully saturated rings. The molecular weight excluding hydrogens is 286 g/mol. The van der Waals surface area contributed by atoms with Gasteiger partial charge in [-0.05, 0) is 12.1 Å². The first-order valence-electron chi connectivity index (χ1n) is 6.97. The van der Waals surface area contributed by atoms with Crippen molar-refractivity contribution in [2.45, 2.75) is 26.2 Å². The van der Waals surface area contributed by atoms with Crippen molar-refractivity contribution < 1.29 is 14.7 Å². The Kier molecular flexibility index (Phi) is 4.59. The predicted octanol–water partition coefficient (Wildman–Crippen LogP) is 1.79. The van der Waals surface area contributed by atoms with Crippen LogP contribution in [0.4, 0.5) is 10.5 Å². The number of anilines is 1. The maximum absolute atomic E-state index is 12.0. The van der Waals surface area contributed by atoms with Gasteiger partial charge < -0.3 is 15.3 Å². The summed E-state index contributed by atoms with van der Waals surface area (Å²) in [5.41, 5.74) is 1.31. The normalized spacial score (nSPS) is 10.9. The van der Waals surface area contributed by atoms with E-state index in [1.165, 1.54) is 4.90 Å². The summed E-state index contributed by atoms with van der Waals surface area (Å²) in [5, 5.41) is 19.6. The summed E-state index contributed by atoms with van der Waals surface area (Å²) in [6, 6.07) is 3.14. The number of aliphatic carboxylic acids is 1. The number of hydrogen-bond donors (Lipinski definition) is 2. The van der Waals surface area contributed by atoms with Crippen LogP contribution < -0.4 is 5.32 Å². The Morgan fingerprint density at radius 1 is 1.36 bits per heavy atom. The number of fused-ring (bicyclic) bond motifs is 1. The second kappa shape index (κ2) is 6.42. The van der Waals surface area contributed by atoms with Crippen molar-refractivity contribution in [2.75, 3.05) is 18.9 Å². The van der Waals surface area contributed by atoms with Crippen LogP contribution in [0.3, 0.4) is 0 Å². The van der Waals surface area contributed by atoms with Gasteiger partial charge in [-0.3, -0.25) is 9.20 Å². The largest absolute Gasteiger partial charge is 0.481 e. The zero-order valence-electron chi connectivity index (χ0n) is 12.8. The first-order valence-corrected chi connectivity index (χ1v) is 6.97. The Morgan fingerprint density at radius 2 is 2.09 bits per heavy atom. The maximum atomic E-state index is 12.0. The van der Waals surface area contributed by atoms with Gasteiger partial charge in [0, 0.05) is 25.7 Å². The van der Waals surface area contributed by atoms with Crippen molar-refractivity contribution in [1.82, 2.24) is 19.5 Å². The van der Waals surface area contributed by atoms with Gasteiger partial charge in [-0.15, -0.1) is 10.2 Å². The lowest BCUT2D eigenvalue weighted by atomic mass is 10.2. The molecule has 0 saturated heterocycles. The van der Waals surface area contributed by atoms with Gasteiger partial charge in [0.15, 0.2) is 5.65 Å². The second-order valence-electron chi connectivity index (χ2n) is 5.35. The molecule has 0 aliphatic heterocycles. The number of nitrogens with zero attached hydrogens (tertiary/aromatic N) is 4. The number of aromatic nitrogens is 3. The number of carboxylic acid groups (broad SMARTS) is 1. The number of carbonyl (C=O) groups is 2. The molecule has 2 heterocycles. The van der Waals surface area contributed by atoms with E-state index < -0.39 is 5.97 Å². The van der Waals surface area contributed by atoms with E-state index in [1.54, 1.807) is 25.4 Å². The maximum Gasteiger partial charge on any atom is 0.321 e. The number of urea groups is 1. The molecule has 0 bridgehead atoms. The van der Waals surface area contributed by atoms with Crippen LogP contribution in [0.1, 0.15) is 32.0 Å². The molecule has 0 aliphatic carbocycles. The van der Waals surface area contributed by atoms with Crippen molar-refractivity contribution in [1.29, 1.82) is 0 Å². The Bertz CT molecular complexity index is 695. The topological polar surface area (TPSA) is 99.8 Å². The highest BCUT2D eigenvalue weighted by Gasteiger charge is 2.13. The molecule has 118 valence electrons. The lowest BCUT2D eigenvalue weighted by molar-refractivity contribution is -0.137. The monoisotopic (exact) mass is 305 g/mol. The second-order valence-corrected chi connectivity index (χ2v) is 5.35. The molecule has 2 N–H and O–H groups in total. The van der Waals surface area contributed by atoms with Gasteiger partial charge in [0.25, 0.3) is 0 Å². The first kappa shape index (κ1) is 15.7. The van der Waals surface area contributed by atoms with Crippen molar-refractivity contribution in [2.24, 2.45) is 0 Å². The number of pyridine rings is 1. The summed E-state index contributed by atoms with van der Waals surface area (Å²) >= 11 is 0. The van der Waals surface area contributed by atoms with E-state index in [4.69, 9.17) is 5.11 Å². The van der Waals surface area contributed by atoms with Crippen LogP contribution in [-0.4, -0.2) is 50.2 Å². The number of rotatable bonds is 5. The Morgan fingerprint density at radius 3 is 2.73 bits per heavy atom. The molecule has 8 heteroatoms. The number of nitrogens with one attached hydrogen (secondary N) is 1. The molecule has 0 aliphatic rings. The minimum absolute atomic E-state index is 0.0914. The minimum atomic E-state index is -0.938. The average Bonchev–Trinajstić information content (AvgIpc) is 2.87. The quantitative estimate of drug-likeness (QED) is 0.877.